The molecule has 0 rings (SSSR count). The second-order valence-electron chi connectivity index (χ2n) is 1.86. The van der Waals surface area contributed by atoms with Gasteiger partial charge < -0.3 is 20.1 Å². The zero-order chi connectivity index (χ0) is 13.4. The molecule has 0 aromatic rings. The molecule has 0 spiro atoms. The summed E-state index contributed by atoms with van der Waals surface area (Å²) in [6, 6.07) is 0. The second-order valence-corrected chi connectivity index (χ2v) is 1.86. The van der Waals surface area contributed by atoms with Crippen molar-refractivity contribution in [3.05, 3.63) is 32.2 Å². The fraction of sp³-hybridized carbons (Fsp3) is 0.300. The van der Waals surface area contributed by atoms with E-state index in [0.29, 0.717) is 0 Å². The largest absolute Gasteiger partial charge is 0.478 e. The second kappa shape index (κ2) is 19.0. The lowest BCUT2D eigenvalue weighted by Gasteiger charge is -1.94. The number of ether oxygens (including phenoxy) is 1. The van der Waals surface area contributed by atoms with Gasteiger partial charge in [-0.2, -0.15) is 0 Å². The van der Waals surface area contributed by atoms with Crippen molar-refractivity contribution < 1.29 is 29.6 Å². The summed E-state index contributed by atoms with van der Waals surface area (Å²) in [6.45, 7) is 9.07. The van der Waals surface area contributed by atoms with Gasteiger partial charge in [0.15, 0.2) is 0 Å². The Balaban J connectivity index is -0.000000181. The van der Waals surface area contributed by atoms with Gasteiger partial charge in [0.1, 0.15) is 6.61 Å². The molecule has 6 nitrogen and oxygen atoms in total. The molecule has 3 N–H and O–H groups in total. The summed E-state index contributed by atoms with van der Waals surface area (Å²) in [5.74, 6) is -1.48. The maximum Gasteiger partial charge on any atom is 0.330 e. The minimum atomic E-state index is -0.981. The van der Waals surface area contributed by atoms with Crippen molar-refractivity contribution in [2.75, 3.05) is 19.8 Å². The molecule has 0 saturated carbocycles. The lowest BCUT2D eigenvalue weighted by atomic mass is 10.6. The van der Waals surface area contributed by atoms with Crippen molar-refractivity contribution in [1.29, 1.82) is 0 Å². The Morgan fingerprint density at radius 3 is 1.75 bits per heavy atom. The van der Waals surface area contributed by atoms with Crippen LogP contribution in [0.4, 0.5) is 0 Å². The molecule has 0 aliphatic rings. The highest BCUT2D eigenvalue weighted by Crippen LogP contribution is 1.75. The lowest BCUT2D eigenvalue weighted by Crippen LogP contribution is -2.04. The van der Waals surface area contributed by atoms with Crippen LogP contribution < -0.4 is 0 Å². The average Bonchev–Trinajstić information content (AvgIpc) is 2.27. The highest BCUT2D eigenvalue weighted by molar-refractivity contribution is 5.81. The first-order valence-electron chi connectivity index (χ1n) is 4.15. The molecule has 0 fully saturated rings. The third kappa shape index (κ3) is 39.5. The number of aliphatic carboxylic acids is 1. The number of carbonyl (C=O) groups excluding carboxylic acids is 1. The molecule has 93 valence electrons. The lowest BCUT2D eigenvalue weighted by molar-refractivity contribution is -0.138. The van der Waals surface area contributed by atoms with Crippen molar-refractivity contribution in [2.45, 2.75) is 0 Å². The van der Waals surface area contributed by atoms with Crippen LogP contribution in [0.2, 0.25) is 0 Å². The average molecular weight is 233 g/mol. The predicted octanol–water partition coefficient (Wildman–Crippen LogP) is -0.222. The summed E-state index contributed by atoms with van der Waals surface area (Å²) in [6.07, 6.45) is 1.88. The number of rotatable bonds is 4. The van der Waals surface area contributed by atoms with Gasteiger partial charge >= 0.3 is 11.9 Å². The molecule has 16 heavy (non-hydrogen) atoms. The van der Waals surface area contributed by atoms with E-state index in [1.165, 1.54) is 0 Å². The predicted molar refractivity (Wildman–Crippen MR) is 58.5 cm³/mol. The molecule has 0 aromatic heterocycles. The van der Waals surface area contributed by atoms with Crippen LogP contribution in [0.15, 0.2) is 25.3 Å². The zero-order valence-electron chi connectivity index (χ0n) is 8.96. The number of aliphatic hydroxyl groups excluding tert-OH is 2. The Labute approximate surface area is 94.5 Å². The summed E-state index contributed by atoms with van der Waals surface area (Å²) in [5.41, 5.74) is 0. The smallest absolute Gasteiger partial charge is 0.330 e. The quantitative estimate of drug-likeness (QED) is 0.458. The number of aliphatic hydroxyl groups is 2. The minimum absolute atomic E-state index is 0. The Hall–Kier alpha value is -1.66. The molecular formula is C10H17O6. The topological polar surface area (TPSA) is 104 Å². The Bertz CT molecular complexity index is 199. The molecular weight excluding hydrogens is 216 g/mol. The van der Waals surface area contributed by atoms with Gasteiger partial charge in [-0.25, -0.2) is 9.59 Å². The third-order valence-corrected chi connectivity index (χ3v) is 0.677. The number of carbonyl (C=O) groups is 2. The van der Waals surface area contributed by atoms with Crippen LogP contribution in [-0.4, -0.2) is 47.1 Å². The van der Waals surface area contributed by atoms with Crippen LogP contribution in [0.25, 0.3) is 0 Å². The van der Waals surface area contributed by atoms with Crippen LogP contribution in [0.1, 0.15) is 0 Å². The van der Waals surface area contributed by atoms with Crippen LogP contribution in [0, 0.1) is 6.92 Å². The molecule has 0 aliphatic carbocycles. The van der Waals surface area contributed by atoms with E-state index in [4.69, 9.17) is 15.3 Å². The van der Waals surface area contributed by atoms with Crippen LogP contribution in [-0.2, 0) is 14.3 Å². The molecule has 0 atom stereocenters. The van der Waals surface area contributed by atoms with Crippen LogP contribution >= 0.6 is 0 Å². The van der Waals surface area contributed by atoms with Crippen LogP contribution in [0.5, 0.6) is 0 Å². The van der Waals surface area contributed by atoms with Crippen molar-refractivity contribution in [1.82, 2.24) is 0 Å². The van der Waals surface area contributed by atoms with Gasteiger partial charge in [0.2, 0.25) is 0 Å². The number of esters is 1. The van der Waals surface area contributed by atoms with Crippen molar-refractivity contribution in [3.8, 4) is 0 Å². The molecule has 0 bridgehead atoms. The summed E-state index contributed by atoms with van der Waals surface area (Å²) >= 11 is 0. The molecule has 0 unspecified atom stereocenters. The monoisotopic (exact) mass is 233 g/mol. The molecule has 0 aromatic carbocycles. The van der Waals surface area contributed by atoms with Crippen molar-refractivity contribution in [2.24, 2.45) is 0 Å². The molecule has 0 aliphatic heterocycles. The van der Waals surface area contributed by atoms with Gasteiger partial charge in [0.05, 0.1) is 6.61 Å². The third-order valence-electron chi connectivity index (χ3n) is 0.677. The minimum Gasteiger partial charge on any atom is -0.478 e. The van der Waals surface area contributed by atoms with Gasteiger partial charge in [-0.05, 0) is 6.92 Å². The van der Waals surface area contributed by atoms with Gasteiger partial charge in [0, 0.05) is 18.8 Å². The zero-order valence-corrected chi connectivity index (χ0v) is 8.96. The normalized spacial score (nSPS) is 7.19. The van der Waals surface area contributed by atoms with Gasteiger partial charge in [-0.1, -0.05) is 13.2 Å². The fourth-order valence-electron chi connectivity index (χ4n) is 0.205. The van der Waals surface area contributed by atoms with E-state index in [1.807, 2.05) is 0 Å². The highest BCUT2D eigenvalue weighted by atomic mass is 16.5. The molecule has 1 radical (unpaired) electrons. The van der Waals surface area contributed by atoms with E-state index in [-0.39, 0.29) is 19.8 Å². The molecule has 6 heteroatoms. The van der Waals surface area contributed by atoms with E-state index >= 15 is 0 Å². The summed E-state index contributed by atoms with van der Waals surface area (Å²) < 4.78 is 4.33. The first kappa shape index (κ1) is 19.8. The molecule has 0 saturated heterocycles. The summed E-state index contributed by atoms with van der Waals surface area (Å²) in [5, 5.41) is 23.2. The summed E-state index contributed by atoms with van der Waals surface area (Å²) in [7, 11) is 0. The first-order chi connectivity index (χ1) is 7.49. The van der Waals surface area contributed by atoms with Crippen LogP contribution in [0.3, 0.4) is 0 Å². The first-order valence-corrected chi connectivity index (χ1v) is 4.15. The number of carboxylic acids is 1. The Morgan fingerprint density at radius 1 is 1.19 bits per heavy atom. The van der Waals surface area contributed by atoms with Gasteiger partial charge in [-0.3, -0.25) is 0 Å². The van der Waals surface area contributed by atoms with E-state index in [2.05, 4.69) is 24.8 Å². The highest BCUT2D eigenvalue weighted by Gasteiger charge is 1.90. The van der Waals surface area contributed by atoms with Crippen molar-refractivity contribution >= 4 is 11.9 Å². The Morgan fingerprint density at radius 2 is 1.56 bits per heavy atom. The SMILES string of the molecule is C=CC(=O)O.C=CC(=O)OCCO.[CH2]CO. The van der Waals surface area contributed by atoms with E-state index in [9.17, 15) is 9.59 Å². The van der Waals surface area contributed by atoms with Crippen molar-refractivity contribution in [3.63, 3.8) is 0 Å². The van der Waals surface area contributed by atoms with E-state index in [0.717, 1.165) is 12.2 Å². The van der Waals surface area contributed by atoms with E-state index in [1.54, 1.807) is 0 Å². The van der Waals surface area contributed by atoms with E-state index < -0.39 is 11.9 Å². The fourth-order valence-corrected chi connectivity index (χ4v) is 0.205. The maximum absolute atomic E-state index is 10.1. The molecule has 0 heterocycles. The Kier molecular flexibility index (Phi) is 23.6. The van der Waals surface area contributed by atoms with Gasteiger partial charge in [-0.15, -0.1) is 0 Å². The molecule has 0 amide bonds. The maximum atomic E-state index is 10.1. The number of hydrogen-bond acceptors (Lipinski definition) is 5. The number of hydrogen-bond donors (Lipinski definition) is 3. The standard InChI is InChI=1S/C5H8O3.C3H4O2.C2H5O/c1-2-5(7)8-4-3-6;1-2-3(4)5;1-2-3/h2,6H,1,3-4H2;2H,1H2,(H,4,5);3H,1-2H2. The number of carboxylic acid groups (broad SMARTS) is 1. The summed E-state index contributed by atoms with van der Waals surface area (Å²) in [4.78, 5) is 19.4. The van der Waals surface area contributed by atoms with Gasteiger partial charge in [0.25, 0.3) is 0 Å².